The Bertz CT molecular complexity index is 767. The minimum Gasteiger partial charge on any atom is -0.374 e. The molecule has 1 aliphatic heterocycles. The first-order valence-electron chi connectivity index (χ1n) is 8.76. The minimum absolute atomic E-state index is 0.164. The molecular formula is C19H24ClN3O3. The normalized spacial score (nSPS) is 20.9. The van der Waals surface area contributed by atoms with Gasteiger partial charge in [-0.2, -0.15) is 0 Å². The number of hydrogen-bond acceptors (Lipinski definition) is 5. The van der Waals surface area contributed by atoms with Gasteiger partial charge >= 0.3 is 0 Å². The van der Waals surface area contributed by atoms with Gasteiger partial charge in [0.25, 0.3) is 0 Å². The van der Waals surface area contributed by atoms with Crippen molar-refractivity contribution in [1.29, 1.82) is 0 Å². The SMILES string of the molecule is CC(C)(C)c1cc(NC(=O)[C@@H]2CCCC(O)N2c2ccc(Cl)cc2)on1. The molecule has 1 aromatic carbocycles. The summed E-state index contributed by atoms with van der Waals surface area (Å²) in [6, 6.07) is 8.36. The molecule has 2 aromatic rings. The predicted molar refractivity (Wildman–Crippen MR) is 101 cm³/mol. The molecular weight excluding hydrogens is 354 g/mol. The van der Waals surface area contributed by atoms with E-state index in [-0.39, 0.29) is 11.3 Å². The fraction of sp³-hybridized carbons (Fsp3) is 0.474. The van der Waals surface area contributed by atoms with Gasteiger partial charge in [0.05, 0.1) is 5.69 Å². The number of aromatic nitrogens is 1. The molecule has 0 saturated carbocycles. The van der Waals surface area contributed by atoms with Crippen LogP contribution in [0.15, 0.2) is 34.9 Å². The summed E-state index contributed by atoms with van der Waals surface area (Å²) in [5.74, 6) is 0.0892. The van der Waals surface area contributed by atoms with Crippen LogP contribution in [0.1, 0.15) is 45.7 Å². The van der Waals surface area contributed by atoms with Gasteiger partial charge in [-0.05, 0) is 43.5 Å². The second-order valence-corrected chi connectivity index (χ2v) is 8.06. The smallest absolute Gasteiger partial charge is 0.249 e. The van der Waals surface area contributed by atoms with Crippen LogP contribution < -0.4 is 10.2 Å². The molecule has 7 heteroatoms. The van der Waals surface area contributed by atoms with Gasteiger partial charge in [0.2, 0.25) is 11.8 Å². The summed E-state index contributed by atoms with van der Waals surface area (Å²) in [5.41, 5.74) is 1.36. The van der Waals surface area contributed by atoms with Crippen molar-refractivity contribution < 1.29 is 14.4 Å². The van der Waals surface area contributed by atoms with Crippen molar-refractivity contribution in [2.45, 2.75) is 57.7 Å². The topological polar surface area (TPSA) is 78.6 Å². The Kier molecular flexibility index (Phi) is 5.25. The highest BCUT2D eigenvalue weighted by Crippen LogP contribution is 2.30. The molecule has 1 aliphatic rings. The number of nitrogens with one attached hydrogen (secondary N) is 1. The molecule has 26 heavy (non-hydrogen) atoms. The number of carbonyl (C=O) groups is 1. The van der Waals surface area contributed by atoms with Crippen LogP contribution in [0, 0.1) is 0 Å². The van der Waals surface area contributed by atoms with Crippen LogP contribution in [0.25, 0.3) is 0 Å². The fourth-order valence-corrected chi connectivity index (χ4v) is 3.22. The van der Waals surface area contributed by atoms with Crippen molar-refractivity contribution in [2.24, 2.45) is 0 Å². The van der Waals surface area contributed by atoms with E-state index in [9.17, 15) is 9.90 Å². The summed E-state index contributed by atoms with van der Waals surface area (Å²) in [5, 5.41) is 17.9. The molecule has 6 nitrogen and oxygen atoms in total. The highest BCUT2D eigenvalue weighted by Gasteiger charge is 2.35. The van der Waals surface area contributed by atoms with Gasteiger partial charge in [0.15, 0.2) is 0 Å². The first-order valence-corrected chi connectivity index (χ1v) is 9.13. The first kappa shape index (κ1) is 18.7. The third-order valence-corrected chi connectivity index (χ3v) is 4.80. The molecule has 0 radical (unpaired) electrons. The number of aliphatic hydroxyl groups excluding tert-OH is 1. The van der Waals surface area contributed by atoms with E-state index in [0.717, 1.165) is 17.8 Å². The van der Waals surface area contributed by atoms with Crippen molar-refractivity contribution in [1.82, 2.24) is 5.16 Å². The lowest BCUT2D eigenvalue weighted by molar-refractivity contribution is -0.118. The van der Waals surface area contributed by atoms with Gasteiger partial charge < -0.3 is 14.5 Å². The number of anilines is 2. The Morgan fingerprint density at radius 1 is 1.31 bits per heavy atom. The Balaban J connectivity index is 1.79. The van der Waals surface area contributed by atoms with Gasteiger partial charge in [-0.15, -0.1) is 0 Å². The molecule has 2 N–H and O–H groups in total. The fourth-order valence-electron chi connectivity index (χ4n) is 3.09. The number of aliphatic hydroxyl groups is 1. The number of carbonyl (C=O) groups excluding carboxylic acids is 1. The molecule has 1 saturated heterocycles. The molecule has 2 heterocycles. The van der Waals surface area contributed by atoms with Crippen LogP contribution in [0.2, 0.25) is 5.02 Å². The zero-order chi connectivity index (χ0) is 18.9. The standard InChI is InChI=1S/C19H24ClN3O3/c1-19(2,3)15-11-16(26-22-15)21-18(25)14-5-4-6-17(24)23(14)13-9-7-12(20)8-10-13/h7-11,14,17,24H,4-6H2,1-3H3,(H,21,25)/t14-,17?/m0/s1. The molecule has 0 spiro atoms. The monoisotopic (exact) mass is 377 g/mol. The van der Waals surface area contributed by atoms with Crippen LogP contribution >= 0.6 is 11.6 Å². The average Bonchev–Trinajstić information content (AvgIpc) is 3.04. The molecule has 1 amide bonds. The maximum absolute atomic E-state index is 12.8. The van der Waals surface area contributed by atoms with E-state index in [2.05, 4.69) is 10.5 Å². The number of hydrogen-bond donors (Lipinski definition) is 2. The van der Waals surface area contributed by atoms with Crippen molar-refractivity contribution in [2.75, 3.05) is 10.2 Å². The quantitative estimate of drug-likeness (QED) is 0.846. The maximum Gasteiger partial charge on any atom is 0.249 e. The van der Waals surface area contributed by atoms with Crippen molar-refractivity contribution in [3.8, 4) is 0 Å². The molecule has 1 unspecified atom stereocenters. The maximum atomic E-state index is 12.8. The number of rotatable bonds is 3. The Hall–Kier alpha value is -2.05. The van der Waals surface area contributed by atoms with Crippen LogP contribution in [-0.4, -0.2) is 28.4 Å². The third-order valence-electron chi connectivity index (χ3n) is 4.55. The van der Waals surface area contributed by atoms with Gasteiger partial charge in [0, 0.05) is 22.2 Å². The largest absolute Gasteiger partial charge is 0.374 e. The van der Waals surface area contributed by atoms with Crippen molar-refractivity contribution in [3.05, 3.63) is 41.0 Å². The number of benzene rings is 1. The molecule has 140 valence electrons. The van der Waals surface area contributed by atoms with Crippen LogP contribution in [-0.2, 0) is 10.2 Å². The van der Waals surface area contributed by atoms with Crippen LogP contribution in [0.3, 0.4) is 0 Å². The van der Waals surface area contributed by atoms with E-state index in [0.29, 0.717) is 23.7 Å². The number of halogens is 1. The lowest BCUT2D eigenvalue weighted by atomic mass is 9.92. The molecule has 1 aromatic heterocycles. The van der Waals surface area contributed by atoms with Gasteiger partial charge in [-0.1, -0.05) is 37.5 Å². The first-order chi connectivity index (χ1) is 12.3. The number of amides is 1. The van der Waals surface area contributed by atoms with Gasteiger partial charge in [0.1, 0.15) is 12.3 Å². The summed E-state index contributed by atoms with van der Waals surface area (Å²) in [7, 11) is 0. The number of piperidine rings is 1. The molecule has 2 atom stereocenters. The molecule has 1 fully saturated rings. The van der Waals surface area contributed by atoms with Crippen molar-refractivity contribution in [3.63, 3.8) is 0 Å². The lowest BCUT2D eigenvalue weighted by Crippen LogP contribution is -2.52. The molecule has 3 rings (SSSR count). The Morgan fingerprint density at radius 2 is 2.00 bits per heavy atom. The van der Waals surface area contributed by atoms with E-state index in [1.54, 1.807) is 23.1 Å². The average molecular weight is 378 g/mol. The summed E-state index contributed by atoms with van der Waals surface area (Å²) in [6.07, 6.45) is 1.31. The van der Waals surface area contributed by atoms with E-state index in [1.165, 1.54) is 0 Å². The summed E-state index contributed by atoms with van der Waals surface area (Å²) in [4.78, 5) is 14.6. The van der Waals surface area contributed by atoms with Gasteiger partial charge in [-0.25, -0.2) is 0 Å². The minimum atomic E-state index is -0.722. The van der Waals surface area contributed by atoms with Crippen LogP contribution in [0.4, 0.5) is 11.6 Å². The van der Waals surface area contributed by atoms with E-state index >= 15 is 0 Å². The Labute approximate surface area is 158 Å². The summed E-state index contributed by atoms with van der Waals surface area (Å²) < 4.78 is 5.26. The van der Waals surface area contributed by atoms with E-state index in [4.69, 9.17) is 16.1 Å². The highest BCUT2D eigenvalue weighted by atomic mass is 35.5. The zero-order valence-electron chi connectivity index (χ0n) is 15.2. The molecule has 0 aliphatic carbocycles. The van der Waals surface area contributed by atoms with Crippen molar-refractivity contribution >= 4 is 29.1 Å². The Morgan fingerprint density at radius 3 is 2.62 bits per heavy atom. The second kappa shape index (κ2) is 7.29. The number of nitrogens with zero attached hydrogens (tertiary/aromatic N) is 2. The lowest BCUT2D eigenvalue weighted by Gasteiger charge is -2.40. The second-order valence-electron chi connectivity index (χ2n) is 7.63. The summed E-state index contributed by atoms with van der Waals surface area (Å²) in [6.45, 7) is 6.07. The summed E-state index contributed by atoms with van der Waals surface area (Å²) >= 11 is 5.95. The van der Waals surface area contributed by atoms with E-state index < -0.39 is 12.3 Å². The van der Waals surface area contributed by atoms with Crippen LogP contribution in [0.5, 0.6) is 0 Å². The molecule has 0 bridgehead atoms. The third kappa shape index (κ3) is 4.02. The van der Waals surface area contributed by atoms with E-state index in [1.807, 2.05) is 32.9 Å². The highest BCUT2D eigenvalue weighted by molar-refractivity contribution is 6.30. The van der Waals surface area contributed by atoms with Gasteiger partial charge in [-0.3, -0.25) is 10.1 Å². The zero-order valence-corrected chi connectivity index (χ0v) is 16.0. The predicted octanol–water partition coefficient (Wildman–Crippen LogP) is 3.94.